The van der Waals surface area contributed by atoms with Gasteiger partial charge in [0, 0.05) is 0 Å². The fraction of sp³-hybridized carbons (Fsp3) is 0.987. The lowest BCUT2D eigenvalue weighted by Gasteiger charge is -2.46. The highest BCUT2D eigenvalue weighted by atomic mass is 16.8. The standard InChI is InChI=1S/C77H143NO34/c1-4-6-7-8-9-10-11-12-13-14-15-16-17-18-19-20-21-22-25-29-32-35-46(84)71(100)78-44(53(89)45(83)34-31-28-26-23-24-27-30-33-43(3)5-2)40-101-72-60(96)57(93)55(91)52(105-72)42-103-76-68(54(90)50(88)41-102-76)110-75-63(99)67(56(92)51(39-82)104-75)109-77-70(112-74-62(98)59(95)65(107-74)48(86)37-80)69(66(108-77)49(87)38-81)111-73-61(97)58(94)64(106-73)47(85)36-79/h43-70,72-77,79-99H,4-42H2,1-3H3,(H,78,100)/t43?,44-,45+,46+,47-,48+,49-,50-,51+,52+,53-,54-,55+,56-,57-,58+,59+,60+,61+,62+,63+,64-,65-,66-,67-,68+,69-,70+,72+,73+,74+,75+,76+,77-/m0/s1. The van der Waals surface area contributed by atoms with Crippen molar-refractivity contribution in [3.05, 3.63) is 0 Å². The Morgan fingerprint density at radius 2 is 0.812 bits per heavy atom. The summed E-state index contributed by atoms with van der Waals surface area (Å²) in [5.74, 6) is -0.174. The van der Waals surface area contributed by atoms with Crippen molar-refractivity contribution < 1.29 is 169 Å². The molecule has 0 radical (unpaired) electrons. The number of hydrogen-bond acceptors (Lipinski definition) is 34. The number of aliphatic hydroxyl groups excluding tert-OH is 21. The average Bonchev–Trinajstić information content (AvgIpc) is 1.57. The summed E-state index contributed by atoms with van der Waals surface area (Å²) in [4.78, 5) is 13.7. The predicted octanol–water partition coefficient (Wildman–Crippen LogP) is -1.71. The quantitative estimate of drug-likeness (QED) is 0.0302. The van der Waals surface area contributed by atoms with Gasteiger partial charge in [0.05, 0.1) is 58.4 Å². The molecule has 0 aromatic heterocycles. The zero-order valence-corrected chi connectivity index (χ0v) is 65.9. The Kier molecular flexibility index (Phi) is 46.9. The molecule has 6 saturated heterocycles. The van der Waals surface area contributed by atoms with Gasteiger partial charge in [0.2, 0.25) is 5.91 Å². The van der Waals surface area contributed by atoms with Gasteiger partial charge in [-0.25, -0.2) is 0 Å². The Morgan fingerprint density at radius 3 is 1.30 bits per heavy atom. The fourth-order valence-electron chi connectivity index (χ4n) is 15.2. The zero-order chi connectivity index (χ0) is 82.0. The van der Waals surface area contributed by atoms with Gasteiger partial charge in [-0.2, -0.15) is 0 Å². The molecule has 22 N–H and O–H groups in total. The van der Waals surface area contributed by atoms with Crippen LogP contribution in [0.25, 0.3) is 0 Å². The van der Waals surface area contributed by atoms with E-state index in [1.807, 2.05) is 0 Å². The first-order chi connectivity index (χ1) is 53.8. The van der Waals surface area contributed by atoms with E-state index in [1.165, 1.54) is 103 Å². The zero-order valence-electron chi connectivity index (χ0n) is 65.9. The number of carbonyl (C=O) groups excluding carboxylic acids is 1. The van der Waals surface area contributed by atoms with Gasteiger partial charge < -0.3 is 169 Å². The van der Waals surface area contributed by atoms with Crippen molar-refractivity contribution in [2.24, 2.45) is 5.92 Å². The Balaban J connectivity index is 1.08. The molecule has 1 amide bonds. The van der Waals surface area contributed by atoms with E-state index in [2.05, 4.69) is 26.1 Å². The minimum absolute atomic E-state index is 0.108. The van der Waals surface area contributed by atoms with Gasteiger partial charge in [-0.05, 0) is 18.8 Å². The first-order valence-corrected chi connectivity index (χ1v) is 41.8. The van der Waals surface area contributed by atoms with E-state index in [0.29, 0.717) is 18.8 Å². The monoisotopic (exact) mass is 1630 g/mol. The maximum Gasteiger partial charge on any atom is 0.249 e. The number of ether oxygens (including phenoxy) is 12. The van der Waals surface area contributed by atoms with Gasteiger partial charge >= 0.3 is 0 Å². The van der Waals surface area contributed by atoms with Crippen LogP contribution in [0, 0.1) is 5.92 Å². The largest absolute Gasteiger partial charge is 0.394 e. The second-order valence-corrected chi connectivity index (χ2v) is 31.8. The van der Waals surface area contributed by atoms with Crippen LogP contribution < -0.4 is 5.32 Å². The van der Waals surface area contributed by atoms with E-state index >= 15 is 0 Å². The maximum atomic E-state index is 13.7. The highest BCUT2D eigenvalue weighted by molar-refractivity contribution is 5.80. The Hall–Kier alpha value is -1.85. The van der Waals surface area contributed by atoms with Gasteiger partial charge in [-0.15, -0.1) is 0 Å². The second-order valence-electron chi connectivity index (χ2n) is 31.8. The smallest absolute Gasteiger partial charge is 0.249 e. The molecule has 112 heavy (non-hydrogen) atoms. The van der Waals surface area contributed by atoms with Crippen LogP contribution in [-0.2, 0) is 61.6 Å². The lowest BCUT2D eigenvalue weighted by Crippen LogP contribution is -2.64. The molecule has 0 bridgehead atoms. The van der Waals surface area contributed by atoms with Crippen molar-refractivity contribution in [1.29, 1.82) is 0 Å². The first kappa shape index (κ1) is 99.0. The van der Waals surface area contributed by atoms with Crippen molar-refractivity contribution in [1.82, 2.24) is 5.32 Å². The molecule has 6 rings (SSSR count). The lowest BCUT2D eigenvalue weighted by atomic mass is 9.97. The van der Waals surface area contributed by atoms with E-state index in [1.54, 1.807) is 0 Å². The van der Waals surface area contributed by atoms with E-state index in [4.69, 9.17) is 56.8 Å². The number of aliphatic hydroxyl groups is 21. The summed E-state index contributed by atoms with van der Waals surface area (Å²) < 4.78 is 70.6. The maximum absolute atomic E-state index is 13.7. The molecular weight excluding hydrogens is 1480 g/mol. The predicted molar refractivity (Wildman–Crippen MR) is 395 cm³/mol. The van der Waals surface area contributed by atoms with Crippen molar-refractivity contribution in [2.45, 2.75) is 429 Å². The van der Waals surface area contributed by atoms with Gasteiger partial charge in [0.15, 0.2) is 37.7 Å². The number of amides is 1. The molecule has 0 aliphatic carbocycles. The summed E-state index contributed by atoms with van der Waals surface area (Å²) in [5.41, 5.74) is 0. The van der Waals surface area contributed by atoms with Crippen LogP contribution in [0.15, 0.2) is 0 Å². The molecule has 660 valence electrons. The fourth-order valence-corrected chi connectivity index (χ4v) is 15.2. The number of rotatable bonds is 58. The van der Waals surface area contributed by atoms with Gasteiger partial charge in [-0.1, -0.05) is 213 Å². The van der Waals surface area contributed by atoms with Crippen molar-refractivity contribution in [3.63, 3.8) is 0 Å². The molecule has 35 nitrogen and oxygen atoms in total. The van der Waals surface area contributed by atoms with Crippen LogP contribution >= 0.6 is 0 Å². The molecule has 0 aromatic rings. The third-order valence-corrected chi connectivity index (χ3v) is 22.8. The number of unbranched alkanes of at least 4 members (excludes halogenated alkanes) is 26. The van der Waals surface area contributed by atoms with Gasteiger partial charge in [0.25, 0.3) is 0 Å². The SMILES string of the molecule is CCCCCCCCCCCCCCCCCCCCCCC[C@@H](O)C(=O)N[C@@H](CO[C@@H]1O[C@H](CO[C@H]2OC[C@H](O)[C@H](O)[C@H]2O[C@H]2O[C@H](CO)[C@H](O)[C@H](O[C@@H]3O[C@@H]([C@@H](O)CO)[C@H](O[C@H]4O[C@@H]([C@@H](O)CO)[C@H](O)[C@H]4O)[C@H]3O[C@H]3O[C@@H]([C@H](O)CO)[C@H](O)[C@H]3O)[C@H]2O)[C@@H](O)[C@H](O)[C@H]1O)[C@H](O)[C@H](O)CCCCCCCCCC(C)CC. The van der Waals surface area contributed by atoms with E-state index in [0.717, 1.165) is 77.0 Å². The third kappa shape index (κ3) is 30.4. The molecule has 6 fully saturated rings. The summed E-state index contributed by atoms with van der Waals surface area (Å²) in [6, 6.07) is -1.43. The Bertz CT molecular complexity index is 2450. The third-order valence-electron chi connectivity index (χ3n) is 22.8. The molecule has 1 unspecified atom stereocenters. The molecule has 6 aliphatic heterocycles. The summed E-state index contributed by atoms with van der Waals surface area (Å²) in [6.45, 7) is 0.395. The summed E-state index contributed by atoms with van der Waals surface area (Å²) in [5, 5.41) is 233. The number of nitrogens with one attached hydrogen (secondary N) is 1. The average molecular weight is 1630 g/mol. The van der Waals surface area contributed by atoms with Crippen LogP contribution in [0.3, 0.4) is 0 Å². The highest BCUT2D eigenvalue weighted by Gasteiger charge is 2.60. The summed E-state index contributed by atoms with van der Waals surface area (Å²) in [6.07, 6.45) is -26.8. The Labute approximate surface area is 658 Å². The molecule has 0 aromatic carbocycles. The van der Waals surface area contributed by atoms with Crippen LogP contribution in [0.5, 0.6) is 0 Å². The highest BCUT2D eigenvalue weighted by Crippen LogP contribution is 2.40. The second kappa shape index (κ2) is 53.0. The minimum Gasteiger partial charge on any atom is -0.394 e. The van der Waals surface area contributed by atoms with Crippen molar-refractivity contribution >= 4 is 5.91 Å². The minimum atomic E-state index is -2.30. The topological polar surface area (TPSA) is 565 Å². The van der Waals surface area contributed by atoms with Crippen LogP contribution in [0.4, 0.5) is 0 Å². The molecule has 0 spiro atoms. The Morgan fingerprint density at radius 1 is 0.393 bits per heavy atom. The van der Waals surface area contributed by atoms with Crippen molar-refractivity contribution in [2.75, 3.05) is 46.2 Å². The van der Waals surface area contributed by atoms with E-state index in [-0.39, 0.29) is 12.8 Å². The summed E-state index contributed by atoms with van der Waals surface area (Å²) >= 11 is 0. The first-order valence-electron chi connectivity index (χ1n) is 41.8. The van der Waals surface area contributed by atoms with Crippen LogP contribution in [0.1, 0.15) is 226 Å². The van der Waals surface area contributed by atoms with Crippen LogP contribution in [0.2, 0.25) is 0 Å². The number of carbonyl (C=O) groups is 1. The van der Waals surface area contributed by atoms with Crippen LogP contribution in [-0.4, -0.2) is 362 Å². The van der Waals surface area contributed by atoms with E-state index in [9.17, 15) is 112 Å². The molecule has 0 saturated carbocycles. The van der Waals surface area contributed by atoms with Crippen molar-refractivity contribution in [3.8, 4) is 0 Å². The lowest BCUT2D eigenvalue weighted by molar-refractivity contribution is -0.374. The number of hydrogen-bond donors (Lipinski definition) is 22. The van der Waals surface area contributed by atoms with E-state index < -0.39 is 255 Å². The van der Waals surface area contributed by atoms with Gasteiger partial charge in [0.1, 0.15) is 153 Å². The molecule has 35 heteroatoms. The molecule has 6 aliphatic rings. The molecule has 34 atom stereocenters. The molecular formula is C77H143NO34. The molecule has 6 heterocycles. The summed E-state index contributed by atoms with van der Waals surface area (Å²) in [7, 11) is 0. The normalized spacial score (nSPS) is 36.0. The van der Waals surface area contributed by atoms with Gasteiger partial charge in [-0.3, -0.25) is 4.79 Å².